The summed E-state index contributed by atoms with van der Waals surface area (Å²) in [6.07, 6.45) is 0.200. The van der Waals surface area contributed by atoms with Gasteiger partial charge in [-0.15, -0.1) is 10.2 Å². The van der Waals surface area contributed by atoms with Crippen molar-refractivity contribution in [2.45, 2.75) is 53.6 Å². The Kier molecular flexibility index (Phi) is 7.18. The van der Waals surface area contributed by atoms with Crippen molar-refractivity contribution in [3.05, 3.63) is 35.2 Å². The van der Waals surface area contributed by atoms with E-state index in [1.807, 2.05) is 46.8 Å². The number of aromatic nitrogens is 2. The molecule has 0 bridgehead atoms. The molecule has 0 saturated carbocycles. The van der Waals surface area contributed by atoms with Crippen LogP contribution in [0.15, 0.2) is 28.7 Å². The van der Waals surface area contributed by atoms with Crippen LogP contribution in [0.3, 0.4) is 0 Å². The van der Waals surface area contributed by atoms with Crippen molar-refractivity contribution in [2.75, 3.05) is 6.54 Å². The summed E-state index contributed by atoms with van der Waals surface area (Å²) in [5.74, 6) is 0.462. The van der Waals surface area contributed by atoms with E-state index in [0.29, 0.717) is 22.4 Å². The van der Waals surface area contributed by atoms with Crippen molar-refractivity contribution < 1.29 is 14.0 Å². The van der Waals surface area contributed by atoms with Crippen molar-refractivity contribution in [2.24, 2.45) is 5.41 Å². The standard InChI is InChI=1S/C20H27ClN4O3/c1-13(2)25(17(26)10-11-22-19(27)20(3,4)5)12-16-23-24-18(28-16)14-8-6-7-9-15(14)21/h6-9,13H,10-12H2,1-5H3,(H,22,27). The Morgan fingerprint density at radius 2 is 1.89 bits per heavy atom. The average molecular weight is 407 g/mol. The fourth-order valence-electron chi connectivity index (χ4n) is 2.46. The molecular formula is C20H27ClN4O3. The molecule has 0 saturated heterocycles. The lowest BCUT2D eigenvalue weighted by Crippen LogP contribution is -2.40. The van der Waals surface area contributed by atoms with E-state index in [1.54, 1.807) is 17.0 Å². The molecule has 0 unspecified atom stereocenters. The molecule has 8 heteroatoms. The van der Waals surface area contributed by atoms with Gasteiger partial charge in [0.15, 0.2) is 0 Å². The van der Waals surface area contributed by atoms with E-state index in [0.717, 1.165) is 0 Å². The summed E-state index contributed by atoms with van der Waals surface area (Å²) in [4.78, 5) is 26.2. The van der Waals surface area contributed by atoms with Gasteiger partial charge in [-0.3, -0.25) is 9.59 Å². The van der Waals surface area contributed by atoms with Crippen LogP contribution in [-0.4, -0.2) is 39.5 Å². The van der Waals surface area contributed by atoms with Gasteiger partial charge in [-0.2, -0.15) is 0 Å². The second kappa shape index (κ2) is 9.19. The van der Waals surface area contributed by atoms with Crippen LogP contribution in [0.4, 0.5) is 0 Å². The minimum atomic E-state index is -0.486. The van der Waals surface area contributed by atoms with E-state index in [-0.39, 0.29) is 37.4 Å². The highest BCUT2D eigenvalue weighted by molar-refractivity contribution is 6.33. The highest BCUT2D eigenvalue weighted by Crippen LogP contribution is 2.26. The zero-order valence-corrected chi connectivity index (χ0v) is 17.7. The molecule has 0 spiro atoms. The van der Waals surface area contributed by atoms with Crippen molar-refractivity contribution in [1.29, 1.82) is 0 Å². The van der Waals surface area contributed by atoms with Crippen molar-refractivity contribution in [1.82, 2.24) is 20.4 Å². The maximum absolute atomic E-state index is 12.6. The first kappa shape index (κ1) is 21.9. The first-order chi connectivity index (χ1) is 13.1. The van der Waals surface area contributed by atoms with Gasteiger partial charge < -0.3 is 14.6 Å². The predicted octanol–water partition coefficient (Wildman–Crippen LogP) is 3.68. The Bertz CT molecular complexity index is 827. The van der Waals surface area contributed by atoms with Crippen LogP contribution in [0, 0.1) is 5.41 Å². The fourth-order valence-corrected chi connectivity index (χ4v) is 2.67. The zero-order valence-electron chi connectivity index (χ0n) is 17.0. The molecule has 0 radical (unpaired) electrons. The molecule has 7 nitrogen and oxygen atoms in total. The van der Waals surface area contributed by atoms with Crippen LogP contribution >= 0.6 is 11.6 Å². The third kappa shape index (κ3) is 5.79. The SMILES string of the molecule is CC(C)N(Cc1nnc(-c2ccccc2Cl)o1)C(=O)CCNC(=O)C(C)(C)C. The summed E-state index contributed by atoms with van der Waals surface area (Å²) in [6.45, 7) is 9.80. The molecule has 0 aliphatic heterocycles. The number of carbonyl (C=O) groups excluding carboxylic acids is 2. The van der Waals surface area contributed by atoms with E-state index in [9.17, 15) is 9.59 Å². The third-order valence-electron chi connectivity index (χ3n) is 4.13. The molecule has 28 heavy (non-hydrogen) atoms. The van der Waals surface area contributed by atoms with Gasteiger partial charge in [-0.25, -0.2) is 0 Å². The molecule has 2 aromatic rings. The Labute approximate surface area is 170 Å². The second-order valence-electron chi connectivity index (χ2n) is 7.85. The maximum atomic E-state index is 12.6. The summed E-state index contributed by atoms with van der Waals surface area (Å²) >= 11 is 6.16. The summed E-state index contributed by atoms with van der Waals surface area (Å²) < 4.78 is 5.70. The van der Waals surface area contributed by atoms with Gasteiger partial charge in [0.2, 0.25) is 23.6 Å². The Hall–Kier alpha value is -2.41. The highest BCUT2D eigenvalue weighted by atomic mass is 35.5. The Morgan fingerprint density at radius 1 is 1.21 bits per heavy atom. The van der Waals surface area contributed by atoms with E-state index in [2.05, 4.69) is 15.5 Å². The number of halogens is 1. The van der Waals surface area contributed by atoms with Crippen molar-refractivity contribution in [3.63, 3.8) is 0 Å². The number of benzene rings is 1. The van der Waals surface area contributed by atoms with Gasteiger partial charge >= 0.3 is 0 Å². The molecule has 152 valence electrons. The minimum Gasteiger partial charge on any atom is -0.419 e. The molecule has 1 aromatic carbocycles. The molecule has 0 atom stereocenters. The summed E-state index contributed by atoms with van der Waals surface area (Å²) in [6, 6.07) is 7.14. The van der Waals surface area contributed by atoms with Gasteiger partial charge in [0.25, 0.3) is 0 Å². The smallest absolute Gasteiger partial charge is 0.249 e. The van der Waals surface area contributed by atoms with Gasteiger partial charge in [-0.1, -0.05) is 44.5 Å². The molecular weight excluding hydrogens is 380 g/mol. The Balaban J connectivity index is 2.00. The number of nitrogens with one attached hydrogen (secondary N) is 1. The third-order valence-corrected chi connectivity index (χ3v) is 4.46. The summed E-state index contributed by atoms with van der Waals surface area (Å²) in [5, 5.41) is 11.4. The topological polar surface area (TPSA) is 88.3 Å². The molecule has 2 rings (SSSR count). The van der Waals surface area contributed by atoms with E-state index >= 15 is 0 Å². The van der Waals surface area contributed by atoms with Gasteiger partial charge in [0.1, 0.15) is 0 Å². The lowest BCUT2D eigenvalue weighted by molar-refractivity contribution is -0.134. The Morgan fingerprint density at radius 3 is 2.50 bits per heavy atom. The number of nitrogens with zero attached hydrogens (tertiary/aromatic N) is 3. The lowest BCUT2D eigenvalue weighted by Gasteiger charge is -2.25. The monoisotopic (exact) mass is 406 g/mol. The molecule has 1 heterocycles. The minimum absolute atomic E-state index is 0.0542. The highest BCUT2D eigenvalue weighted by Gasteiger charge is 2.23. The lowest BCUT2D eigenvalue weighted by atomic mass is 9.96. The van der Waals surface area contributed by atoms with Crippen LogP contribution < -0.4 is 5.32 Å². The number of hydrogen-bond donors (Lipinski definition) is 1. The molecule has 0 aliphatic rings. The summed E-state index contributed by atoms with van der Waals surface area (Å²) in [5.41, 5.74) is 0.162. The quantitative estimate of drug-likeness (QED) is 0.757. The fraction of sp³-hybridized carbons (Fsp3) is 0.500. The van der Waals surface area contributed by atoms with Crippen molar-refractivity contribution in [3.8, 4) is 11.5 Å². The number of carbonyl (C=O) groups is 2. The largest absolute Gasteiger partial charge is 0.419 e. The van der Waals surface area contributed by atoms with Gasteiger partial charge in [0.05, 0.1) is 17.1 Å². The second-order valence-corrected chi connectivity index (χ2v) is 8.26. The number of rotatable bonds is 7. The van der Waals surface area contributed by atoms with Crippen LogP contribution in [0.5, 0.6) is 0 Å². The van der Waals surface area contributed by atoms with Crippen LogP contribution in [0.1, 0.15) is 46.9 Å². The molecule has 1 aromatic heterocycles. The molecule has 0 aliphatic carbocycles. The first-order valence-electron chi connectivity index (χ1n) is 9.24. The van der Waals surface area contributed by atoms with Crippen molar-refractivity contribution >= 4 is 23.4 Å². The zero-order chi connectivity index (χ0) is 20.9. The molecule has 0 fully saturated rings. The van der Waals surface area contributed by atoms with Crippen LogP contribution in [-0.2, 0) is 16.1 Å². The number of amides is 2. The normalized spacial score (nSPS) is 11.5. The van der Waals surface area contributed by atoms with E-state index in [4.69, 9.17) is 16.0 Å². The van der Waals surface area contributed by atoms with Gasteiger partial charge in [-0.05, 0) is 26.0 Å². The first-order valence-corrected chi connectivity index (χ1v) is 9.62. The maximum Gasteiger partial charge on any atom is 0.249 e. The van der Waals surface area contributed by atoms with E-state index in [1.165, 1.54) is 0 Å². The van der Waals surface area contributed by atoms with Crippen LogP contribution in [0.25, 0.3) is 11.5 Å². The van der Waals surface area contributed by atoms with E-state index < -0.39 is 5.41 Å². The van der Waals surface area contributed by atoms with Crippen LogP contribution in [0.2, 0.25) is 5.02 Å². The van der Waals surface area contributed by atoms with Gasteiger partial charge in [0, 0.05) is 24.4 Å². The summed E-state index contributed by atoms with van der Waals surface area (Å²) in [7, 11) is 0. The number of hydrogen-bond acceptors (Lipinski definition) is 5. The predicted molar refractivity (Wildman–Crippen MR) is 108 cm³/mol. The molecule has 1 N–H and O–H groups in total. The molecule has 2 amide bonds. The average Bonchev–Trinajstić information content (AvgIpc) is 3.07.